The fourth-order valence-electron chi connectivity index (χ4n) is 4.10. The van der Waals surface area contributed by atoms with E-state index in [-0.39, 0.29) is 29.2 Å². The summed E-state index contributed by atoms with van der Waals surface area (Å²) in [6.07, 6.45) is 3.36. The zero-order valence-electron chi connectivity index (χ0n) is 15.6. The lowest BCUT2D eigenvalue weighted by Gasteiger charge is -2.19. The molecule has 3 amide bonds. The maximum Gasteiger partial charge on any atom is 0.255 e. The van der Waals surface area contributed by atoms with Crippen molar-refractivity contribution in [3.63, 3.8) is 0 Å². The van der Waals surface area contributed by atoms with E-state index in [1.807, 2.05) is 0 Å². The minimum absolute atomic E-state index is 0.0116. The Hall–Kier alpha value is -3.48. The summed E-state index contributed by atoms with van der Waals surface area (Å²) in [4.78, 5) is 50.1. The first-order valence-electron chi connectivity index (χ1n) is 9.56. The molecule has 7 heteroatoms. The van der Waals surface area contributed by atoms with Crippen molar-refractivity contribution in [2.75, 3.05) is 10.2 Å². The van der Waals surface area contributed by atoms with Crippen LogP contribution in [0.4, 0.5) is 11.4 Å². The van der Waals surface area contributed by atoms with Crippen molar-refractivity contribution in [3.8, 4) is 0 Å². The topological polar surface area (TPSA) is 107 Å². The summed E-state index contributed by atoms with van der Waals surface area (Å²) in [5.41, 5.74) is 1.12. The Kier molecular flexibility index (Phi) is 4.88. The molecule has 0 bridgehead atoms. The van der Waals surface area contributed by atoms with E-state index < -0.39 is 11.9 Å². The molecule has 1 aliphatic heterocycles. The standard InChI is InChI=1S/C22H20N2O5/c25-19(23-15-10-8-13(9-11-15)22(28)29)14-4-3-5-16(12-14)24-20(26)17-6-1-2-7-18(17)21(24)27/h3-5,8-12,17-18H,1-2,6-7H2,(H,23,25)(H,28,29)/p-1/t17-,18-/m1/s1. The molecule has 2 aromatic rings. The van der Waals surface area contributed by atoms with Gasteiger partial charge in [0.2, 0.25) is 11.8 Å². The van der Waals surface area contributed by atoms with E-state index in [4.69, 9.17) is 0 Å². The average molecular weight is 391 g/mol. The number of hydrogen-bond acceptors (Lipinski definition) is 5. The van der Waals surface area contributed by atoms with Crippen molar-refractivity contribution < 1.29 is 24.3 Å². The summed E-state index contributed by atoms with van der Waals surface area (Å²) in [5, 5.41) is 13.5. The Bertz CT molecular complexity index is 975. The Morgan fingerprint density at radius 2 is 1.52 bits per heavy atom. The monoisotopic (exact) mass is 391 g/mol. The first-order valence-corrected chi connectivity index (χ1v) is 9.56. The van der Waals surface area contributed by atoms with E-state index >= 15 is 0 Å². The third kappa shape index (κ3) is 3.51. The van der Waals surface area contributed by atoms with Crippen molar-refractivity contribution in [2.24, 2.45) is 11.8 Å². The van der Waals surface area contributed by atoms with Gasteiger partial charge in [-0.15, -0.1) is 0 Å². The number of fused-ring (bicyclic) bond motifs is 1. The highest BCUT2D eigenvalue weighted by Gasteiger charge is 2.48. The molecular weight excluding hydrogens is 372 g/mol. The van der Waals surface area contributed by atoms with Crippen LogP contribution in [0.1, 0.15) is 46.4 Å². The summed E-state index contributed by atoms with van der Waals surface area (Å²) < 4.78 is 0. The summed E-state index contributed by atoms with van der Waals surface area (Å²) >= 11 is 0. The van der Waals surface area contributed by atoms with E-state index in [9.17, 15) is 24.3 Å². The van der Waals surface area contributed by atoms with E-state index in [2.05, 4.69) is 5.32 Å². The van der Waals surface area contributed by atoms with Crippen molar-refractivity contribution in [3.05, 3.63) is 59.7 Å². The number of rotatable bonds is 4. The molecule has 1 aliphatic carbocycles. The smallest absolute Gasteiger partial charge is 0.255 e. The number of nitrogens with one attached hydrogen (secondary N) is 1. The average Bonchev–Trinajstić information content (AvgIpc) is 2.99. The quantitative estimate of drug-likeness (QED) is 0.802. The normalized spacial score (nSPS) is 21.0. The Balaban J connectivity index is 1.54. The lowest BCUT2D eigenvalue weighted by atomic mass is 9.81. The van der Waals surface area contributed by atoms with Gasteiger partial charge in [-0.3, -0.25) is 19.3 Å². The number of benzene rings is 2. The Morgan fingerprint density at radius 3 is 2.10 bits per heavy atom. The van der Waals surface area contributed by atoms with Gasteiger partial charge in [0.15, 0.2) is 0 Å². The SMILES string of the molecule is O=C([O-])c1ccc(NC(=O)c2cccc(N3C(=O)[C@@H]4CCCC[C@H]4C3=O)c2)cc1. The number of amides is 3. The molecule has 2 atom stereocenters. The van der Waals surface area contributed by atoms with Crippen LogP contribution in [0.3, 0.4) is 0 Å². The molecule has 1 N–H and O–H groups in total. The van der Waals surface area contributed by atoms with Gasteiger partial charge in [0.05, 0.1) is 23.5 Å². The number of nitrogens with zero attached hydrogens (tertiary/aromatic N) is 1. The van der Waals surface area contributed by atoms with Crippen LogP contribution in [0.5, 0.6) is 0 Å². The first-order chi connectivity index (χ1) is 14.0. The first kappa shape index (κ1) is 18.9. The lowest BCUT2D eigenvalue weighted by molar-refractivity contribution is -0.255. The van der Waals surface area contributed by atoms with Gasteiger partial charge >= 0.3 is 0 Å². The highest BCUT2D eigenvalue weighted by Crippen LogP contribution is 2.40. The molecule has 0 aromatic heterocycles. The summed E-state index contributed by atoms with van der Waals surface area (Å²) in [5.74, 6) is -2.60. The van der Waals surface area contributed by atoms with Crippen molar-refractivity contribution in [1.29, 1.82) is 0 Å². The number of carboxylic acids is 1. The van der Waals surface area contributed by atoms with Gasteiger partial charge < -0.3 is 15.2 Å². The summed E-state index contributed by atoms with van der Waals surface area (Å²) in [6, 6.07) is 12.0. The van der Waals surface area contributed by atoms with Crippen LogP contribution in [-0.4, -0.2) is 23.7 Å². The number of aromatic carboxylic acids is 1. The molecule has 29 heavy (non-hydrogen) atoms. The van der Waals surface area contributed by atoms with Gasteiger partial charge in [-0.25, -0.2) is 0 Å². The molecule has 4 rings (SSSR count). The number of carbonyl (C=O) groups is 4. The maximum atomic E-state index is 12.8. The zero-order valence-corrected chi connectivity index (χ0v) is 15.6. The van der Waals surface area contributed by atoms with Crippen LogP contribution >= 0.6 is 0 Å². The van der Waals surface area contributed by atoms with E-state index in [0.29, 0.717) is 16.9 Å². The van der Waals surface area contributed by atoms with Gasteiger partial charge in [-0.1, -0.05) is 31.0 Å². The van der Waals surface area contributed by atoms with Gasteiger partial charge in [-0.05, 0) is 48.7 Å². The molecule has 2 aliphatic rings. The molecule has 2 aromatic carbocycles. The molecule has 1 saturated heterocycles. The van der Waals surface area contributed by atoms with Crippen molar-refractivity contribution in [2.45, 2.75) is 25.7 Å². The zero-order chi connectivity index (χ0) is 20.5. The highest BCUT2D eigenvalue weighted by atomic mass is 16.4. The molecule has 0 spiro atoms. The fraction of sp³-hybridized carbons (Fsp3) is 0.273. The van der Waals surface area contributed by atoms with Crippen LogP contribution in [0, 0.1) is 11.8 Å². The van der Waals surface area contributed by atoms with Gasteiger partial charge in [0.1, 0.15) is 0 Å². The minimum Gasteiger partial charge on any atom is -0.545 e. The number of anilines is 2. The third-order valence-corrected chi connectivity index (χ3v) is 5.59. The van der Waals surface area contributed by atoms with Gasteiger partial charge in [-0.2, -0.15) is 0 Å². The molecule has 7 nitrogen and oxygen atoms in total. The lowest BCUT2D eigenvalue weighted by Crippen LogP contribution is -2.31. The predicted molar refractivity (Wildman–Crippen MR) is 103 cm³/mol. The summed E-state index contributed by atoms with van der Waals surface area (Å²) in [6.45, 7) is 0. The Labute approximate surface area is 167 Å². The molecular formula is C22H19N2O5-. The van der Waals surface area contributed by atoms with Crippen LogP contribution < -0.4 is 15.3 Å². The van der Waals surface area contributed by atoms with E-state index in [1.165, 1.54) is 35.2 Å². The number of hydrogen-bond donors (Lipinski definition) is 1. The van der Waals surface area contributed by atoms with Crippen LogP contribution in [0.15, 0.2) is 48.5 Å². The predicted octanol–water partition coefficient (Wildman–Crippen LogP) is 1.98. The second-order valence-electron chi connectivity index (χ2n) is 7.38. The second-order valence-corrected chi connectivity index (χ2v) is 7.38. The molecule has 148 valence electrons. The van der Waals surface area contributed by atoms with Crippen molar-refractivity contribution in [1.82, 2.24) is 0 Å². The second kappa shape index (κ2) is 7.50. The number of carboxylic acid groups (broad SMARTS) is 1. The molecule has 0 unspecified atom stereocenters. The summed E-state index contributed by atoms with van der Waals surface area (Å²) in [7, 11) is 0. The molecule has 2 fully saturated rings. The number of carbonyl (C=O) groups excluding carboxylic acids is 4. The van der Waals surface area contributed by atoms with Crippen LogP contribution in [0.2, 0.25) is 0 Å². The third-order valence-electron chi connectivity index (χ3n) is 5.59. The van der Waals surface area contributed by atoms with Crippen molar-refractivity contribution >= 4 is 35.1 Å². The Morgan fingerprint density at radius 1 is 0.897 bits per heavy atom. The molecule has 0 radical (unpaired) electrons. The minimum atomic E-state index is -1.30. The van der Waals surface area contributed by atoms with Crippen LogP contribution in [0.25, 0.3) is 0 Å². The van der Waals surface area contributed by atoms with E-state index in [0.717, 1.165) is 25.7 Å². The highest BCUT2D eigenvalue weighted by molar-refractivity contribution is 6.22. The van der Waals surface area contributed by atoms with E-state index in [1.54, 1.807) is 18.2 Å². The number of imide groups is 1. The molecule has 1 saturated carbocycles. The largest absolute Gasteiger partial charge is 0.545 e. The van der Waals surface area contributed by atoms with Gasteiger partial charge in [0.25, 0.3) is 5.91 Å². The van der Waals surface area contributed by atoms with Crippen LogP contribution in [-0.2, 0) is 9.59 Å². The maximum absolute atomic E-state index is 12.8. The fourth-order valence-corrected chi connectivity index (χ4v) is 4.10. The van der Waals surface area contributed by atoms with Gasteiger partial charge in [0, 0.05) is 11.3 Å². The molecule has 1 heterocycles.